The van der Waals surface area contributed by atoms with Crippen LogP contribution < -0.4 is 5.73 Å². The largest absolute Gasteiger partial charge is 0.399 e. The van der Waals surface area contributed by atoms with Crippen LogP contribution in [0.15, 0.2) is 18.2 Å². The number of halogens is 1. The van der Waals surface area contributed by atoms with E-state index in [-0.39, 0.29) is 5.82 Å². The van der Waals surface area contributed by atoms with E-state index in [1.165, 1.54) is 6.07 Å². The van der Waals surface area contributed by atoms with E-state index in [0.717, 1.165) is 29.8 Å². The van der Waals surface area contributed by atoms with Crippen molar-refractivity contribution in [2.45, 2.75) is 26.7 Å². The van der Waals surface area contributed by atoms with Crippen LogP contribution in [0.1, 0.15) is 25.2 Å². The van der Waals surface area contributed by atoms with Crippen molar-refractivity contribution >= 4 is 5.69 Å². The summed E-state index contributed by atoms with van der Waals surface area (Å²) in [6, 6.07) is 4.67. The van der Waals surface area contributed by atoms with E-state index < -0.39 is 0 Å². The van der Waals surface area contributed by atoms with Crippen LogP contribution in [0.4, 0.5) is 10.1 Å². The van der Waals surface area contributed by atoms with Crippen molar-refractivity contribution in [3.8, 4) is 11.1 Å². The van der Waals surface area contributed by atoms with Crippen molar-refractivity contribution in [3.63, 3.8) is 0 Å². The molecule has 0 saturated carbocycles. The Labute approximate surface area is 106 Å². The first-order chi connectivity index (χ1) is 8.58. The molecule has 0 unspecified atom stereocenters. The van der Waals surface area contributed by atoms with Gasteiger partial charge in [0, 0.05) is 29.6 Å². The third-order valence-electron chi connectivity index (χ3n) is 3.17. The number of hydrogen-bond acceptors (Lipinski definition) is 2. The summed E-state index contributed by atoms with van der Waals surface area (Å²) < 4.78 is 15.8. The van der Waals surface area contributed by atoms with E-state index in [1.54, 1.807) is 12.1 Å². The number of nitrogens with two attached hydrogens (primary N) is 1. The smallest absolute Gasteiger partial charge is 0.131 e. The summed E-state index contributed by atoms with van der Waals surface area (Å²) in [5.41, 5.74) is 9.73. The molecule has 0 aliphatic rings. The molecule has 0 aliphatic carbocycles. The highest BCUT2D eigenvalue weighted by Gasteiger charge is 2.18. The number of nitrogen functional groups attached to an aromatic ring is 1. The molecule has 4 heteroatoms. The fourth-order valence-electron chi connectivity index (χ4n) is 2.32. The van der Waals surface area contributed by atoms with Gasteiger partial charge in [-0.2, -0.15) is 5.10 Å². The summed E-state index contributed by atoms with van der Waals surface area (Å²) in [4.78, 5) is 0. The van der Waals surface area contributed by atoms with E-state index in [2.05, 4.69) is 5.10 Å². The third-order valence-corrected chi connectivity index (χ3v) is 3.17. The van der Waals surface area contributed by atoms with E-state index in [4.69, 9.17) is 5.73 Å². The average molecular weight is 247 g/mol. The number of rotatable bonds is 3. The van der Waals surface area contributed by atoms with E-state index in [1.807, 2.05) is 25.6 Å². The maximum Gasteiger partial charge on any atom is 0.131 e. The van der Waals surface area contributed by atoms with Gasteiger partial charge in [0.1, 0.15) is 5.82 Å². The van der Waals surface area contributed by atoms with Crippen LogP contribution in [-0.2, 0) is 19.9 Å². The van der Waals surface area contributed by atoms with Crippen LogP contribution in [0.3, 0.4) is 0 Å². The lowest BCUT2D eigenvalue weighted by Crippen LogP contribution is -1.98. The zero-order valence-corrected chi connectivity index (χ0v) is 11.0. The Morgan fingerprint density at radius 1 is 1.28 bits per heavy atom. The van der Waals surface area contributed by atoms with E-state index in [0.29, 0.717) is 11.3 Å². The van der Waals surface area contributed by atoms with Crippen molar-refractivity contribution in [1.29, 1.82) is 0 Å². The standard InChI is InChI=1S/C14H18FN3/c1-4-12-14(13(5-2)18(3)17-12)10-8-9(16)6-7-11(10)15/h6-8H,4-5,16H2,1-3H3. The fourth-order valence-corrected chi connectivity index (χ4v) is 2.32. The highest BCUT2D eigenvalue weighted by molar-refractivity contribution is 5.72. The normalized spacial score (nSPS) is 10.9. The quantitative estimate of drug-likeness (QED) is 0.847. The highest BCUT2D eigenvalue weighted by atomic mass is 19.1. The van der Waals surface area contributed by atoms with Gasteiger partial charge in [-0.05, 0) is 31.0 Å². The first-order valence-electron chi connectivity index (χ1n) is 6.18. The van der Waals surface area contributed by atoms with Crippen LogP contribution in [0, 0.1) is 5.82 Å². The predicted molar refractivity (Wildman–Crippen MR) is 71.8 cm³/mol. The van der Waals surface area contributed by atoms with Crippen LogP contribution >= 0.6 is 0 Å². The summed E-state index contributed by atoms with van der Waals surface area (Å²) in [5, 5.41) is 4.46. The summed E-state index contributed by atoms with van der Waals surface area (Å²) in [7, 11) is 1.89. The van der Waals surface area contributed by atoms with Gasteiger partial charge in [-0.15, -0.1) is 0 Å². The van der Waals surface area contributed by atoms with Crippen molar-refractivity contribution < 1.29 is 4.39 Å². The molecule has 0 saturated heterocycles. The molecule has 96 valence electrons. The maximum absolute atomic E-state index is 14.0. The van der Waals surface area contributed by atoms with Gasteiger partial charge in [0.05, 0.1) is 5.69 Å². The van der Waals surface area contributed by atoms with Gasteiger partial charge < -0.3 is 5.73 Å². The average Bonchev–Trinajstić information content (AvgIpc) is 2.68. The summed E-state index contributed by atoms with van der Waals surface area (Å²) >= 11 is 0. The van der Waals surface area contributed by atoms with Crippen molar-refractivity contribution in [3.05, 3.63) is 35.4 Å². The maximum atomic E-state index is 14.0. The number of anilines is 1. The Kier molecular flexibility index (Phi) is 3.36. The molecular formula is C14H18FN3. The Balaban J connectivity index is 2.72. The molecule has 2 rings (SSSR count). The second-order valence-electron chi connectivity index (χ2n) is 4.34. The van der Waals surface area contributed by atoms with Crippen LogP contribution in [0.25, 0.3) is 11.1 Å². The predicted octanol–water partition coefficient (Wildman–Crippen LogP) is 2.93. The summed E-state index contributed by atoms with van der Waals surface area (Å²) in [5.74, 6) is -0.249. The topological polar surface area (TPSA) is 43.8 Å². The van der Waals surface area contributed by atoms with Gasteiger partial charge in [-0.3, -0.25) is 4.68 Å². The van der Waals surface area contributed by atoms with Gasteiger partial charge >= 0.3 is 0 Å². The Hall–Kier alpha value is -1.84. The first kappa shape index (κ1) is 12.6. The molecule has 18 heavy (non-hydrogen) atoms. The van der Waals surface area contributed by atoms with Gasteiger partial charge in [0.25, 0.3) is 0 Å². The molecule has 1 aromatic carbocycles. The highest BCUT2D eigenvalue weighted by Crippen LogP contribution is 2.31. The summed E-state index contributed by atoms with van der Waals surface area (Å²) in [6.07, 6.45) is 1.59. The molecule has 1 aromatic heterocycles. The molecular weight excluding hydrogens is 229 g/mol. The van der Waals surface area contributed by atoms with Crippen molar-refractivity contribution in [1.82, 2.24) is 9.78 Å². The minimum Gasteiger partial charge on any atom is -0.399 e. The zero-order valence-electron chi connectivity index (χ0n) is 11.0. The SMILES string of the molecule is CCc1nn(C)c(CC)c1-c1cc(N)ccc1F. The Morgan fingerprint density at radius 3 is 2.61 bits per heavy atom. The number of benzene rings is 1. The van der Waals surface area contributed by atoms with Crippen molar-refractivity contribution in [2.24, 2.45) is 7.05 Å². The Morgan fingerprint density at radius 2 is 2.00 bits per heavy atom. The molecule has 0 spiro atoms. The molecule has 0 amide bonds. The lowest BCUT2D eigenvalue weighted by atomic mass is 9.99. The monoisotopic (exact) mass is 247 g/mol. The van der Waals surface area contributed by atoms with Gasteiger partial charge in [-0.25, -0.2) is 4.39 Å². The molecule has 1 heterocycles. The molecule has 0 aliphatic heterocycles. The summed E-state index contributed by atoms with van der Waals surface area (Å²) in [6.45, 7) is 4.07. The number of hydrogen-bond donors (Lipinski definition) is 1. The van der Waals surface area contributed by atoms with Gasteiger partial charge in [0.2, 0.25) is 0 Å². The Bertz CT molecular complexity index is 573. The van der Waals surface area contributed by atoms with E-state index >= 15 is 0 Å². The van der Waals surface area contributed by atoms with Crippen LogP contribution in [0.2, 0.25) is 0 Å². The number of aryl methyl sites for hydroxylation is 2. The minimum atomic E-state index is -0.249. The van der Waals surface area contributed by atoms with Gasteiger partial charge in [0.15, 0.2) is 0 Å². The molecule has 0 fully saturated rings. The lowest BCUT2D eigenvalue weighted by molar-refractivity contribution is 0.631. The molecule has 2 N–H and O–H groups in total. The van der Waals surface area contributed by atoms with Crippen molar-refractivity contribution in [2.75, 3.05) is 5.73 Å². The number of aromatic nitrogens is 2. The molecule has 3 nitrogen and oxygen atoms in total. The first-order valence-corrected chi connectivity index (χ1v) is 6.18. The second-order valence-corrected chi connectivity index (χ2v) is 4.34. The third kappa shape index (κ3) is 1.98. The number of nitrogens with zero attached hydrogens (tertiary/aromatic N) is 2. The van der Waals surface area contributed by atoms with Gasteiger partial charge in [-0.1, -0.05) is 13.8 Å². The molecule has 0 radical (unpaired) electrons. The van der Waals surface area contributed by atoms with Crippen LogP contribution in [-0.4, -0.2) is 9.78 Å². The molecule has 2 aromatic rings. The van der Waals surface area contributed by atoms with E-state index in [9.17, 15) is 4.39 Å². The minimum absolute atomic E-state index is 0.249. The fraction of sp³-hybridized carbons (Fsp3) is 0.357. The van der Waals surface area contributed by atoms with Crippen LogP contribution in [0.5, 0.6) is 0 Å². The molecule has 0 bridgehead atoms. The zero-order chi connectivity index (χ0) is 13.3. The second kappa shape index (κ2) is 4.80. The molecule has 0 atom stereocenters. The lowest BCUT2D eigenvalue weighted by Gasteiger charge is -2.07.